The molecule has 100 heavy (non-hydrogen) atoms. The molecule has 0 bridgehead atoms. The topological polar surface area (TPSA) is 221 Å². The number of cyclic esters (lactones) is 1. The van der Waals surface area contributed by atoms with Gasteiger partial charge in [0, 0.05) is 63.6 Å². The predicted molar refractivity (Wildman–Crippen MR) is 386 cm³/mol. The van der Waals surface area contributed by atoms with E-state index in [1.807, 2.05) is 60.7 Å². The van der Waals surface area contributed by atoms with E-state index in [0.29, 0.717) is 59.9 Å². The highest BCUT2D eigenvalue weighted by atomic mass is 35.5. The number of amides is 2. The Morgan fingerprint density at radius 3 is 1.63 bits per heavy atom. The number of Topliss-reactive ketones (excluding diaryl/α,β-unsaturated/α-hetero) is 1. The number of nitrogens with one attached hydrogen (secondary N) is 2. The number of nitrogens with zero attached hydrogens (tertiary/aromatic N) is 1. The van der Waals surface area contributed by atoms with Crippen molar-refractivity contribution in [2.24, 2.45) is 33.8 Å². The lowest BCUT2D eigenvalue weighted by Crippen LogP contribution is -2.64. The Hall–Kier alpha value is -5.57. The van der Waals surface area contributed by atoms with E-state index in [1.54, 1.807) is 48.5 Å². The Bertz CT molecular complexity index is 4060. The molecule has 4 saturated carbocycles. The molecule has 2 amide bonds. The van der Waals surface area contributed by atoms with Gasteiger partial charge in [0.1, 0.15) is 35.0 Å². The summed E-state index contributed by atoms with van der Waals surface area (Å²) in [4.78, 5) is 61.2. The number of carbonyl (C=O) groups excluding carboxylic acids is 4. The average molecular weight is 1470 g/mol. The molecule has 7 fully saturated rings. The maximum Gasteiger partial charge on any atom is 0.324 e. The summed E-state index contributed by atoms with van der Waals surface area (Å²) < 4.78 is 44.7. The molecule has 8 N–H and O–H groups in total. The van der Waals surface area contributed by atoms with Crippen molar-refractivity contribution in [1.82, 2.24) is 4.90 Å². The Kier molecular flexibility index (Phi) is 20.9. The number of ketones is 1. The lowest BCUT2D eigenvalue weighted by Gasteiger charge is -2.57. The smallest absolute Gasteiger partial charge is 0.324 e. The molecule has 15 rings (SSSR count). The lowest BCUT2D eigenvalue weighted by molar-refractivity contribution is -0.253. The van der Waals surface area contributed by atoms with Crippen molar-refractivity contribution in [2.75, 3.05) is 30.5 Å². The third-order valence-corrected chi connectivity index (χ3v) is 25.6. The van der Waals surface area contributed by atoms with Gasteiger partial charge in [0.15, 0.2) is 5.79 Å². The molecular weight excluding hydrogens is 1380 g/mol. The summed E-state index contributed by atoms with van der Waals surface area (Å²) >= 11 is 25.7. The second-order valence-electron chi connectivity index (χ2n) is 31.3. The maximum atomic E-state index is 16.5. The number of fused-ring (bicyclic) bond motifs is 8. The molecule has 4 spiro atoms. The highest BCUT2D eigenvalue weighted by Gasteiger charge is 2.79. The second kappa shape index (κ2) is 28.1. The van der Waals surface area contributed by atoms with Crippen molar-refractivity contribution in [3.63, 3.8) is 0 Å². The van der Waals surface area contributed by atoms with Crippen molar-refractivity contribution in [3.05, 3.63) is 199 Å². The van der Waals surface area contributed by atoms with Crippen LogP contribution in [0.15, 0.2) is 133 Å². The highest BCUT2D eigenvalue weighted by molar-refractivity contribution is 6.32. The normalized spacial score (nSPS) is 31.7. The van der Waals surface area contributed by atoms with E-state index in [4.69, 9.17) is 66.7 Å². The quantitative estimate of drug-likeness (QED) is 0.0672. The van der Waals surface area contributed by atoms with Gasteiger partial charge in [0.25, 0.3) is 0 Å². The molecule has 0 aromatic heterocycles. The van der Waals surface area contributed by atoms with Crippen molar-refractivity contribution in [1.29, 1.82) is 0 Å². The number of rotatable bonds is 9. The molecule has 6 aromatic rings. The standard InChI is InChI=1S/C39H35Cl2FN2O3.C33H38Cl2FNO5.C7H15NO2.ClH/c1-37(2)18-20-38(21-19-37)39(27-17-16-25(40)22-29(27)43-36(39)46)30(26-14-9-15-28(41)31(26)42)33-35(45)47-34(24-12-7-4-8-13-24)32(44(33)38)23-10-5-3-6-11-23;1-30(2)10-12-31(13-11-30)16-22(26(39)14-19-8-9-32(41,18-38)42-17-19)27(21-4-3-5-24(35)28(21)36)33(31)23-7-6-20(34)15-25(23)37-29(33)40;8-6-1-3-7(10,5-9)4-2-6;/h3-17,22,30,32-34H,18-21H2,1-2H3,(H,43,46);3-7,15,19,22,27,38,41H,8-14,16-18H2,1-2H3,(H,37,40);6,9-10H,1-5,8H2;1H/t30-,32+,33+,34-,39-;19-,22-,27-,32-,33+;;/m00../s1. The first kappa shape index (κ1) is 74.2. The minimum atomic E-state index is -1.59. The number of nitrogens with two attached hydrogens (primary N) is 1. The first-order valence-electron chi connectivity index (χ1n) is 34.9. The Morgan fingerprint density at radius 2 is 1.11 bits per heavy atom. The summed E-state index contributed by atoms with van der Waals surface area (Å²) in [6.45, 7) is 8.47. The molecule has 9 aliphatic rings. The molecule has 4 aliphatic carbocycles. The van der Waals surface area contributed by atoms with Crippen LogP contribution < -0.4 is 16.4 Å². The number of ether oxygens (including phenoxy) is 2. The number of morpholine rings is 1. The van der Waals surface area contributed by atoms with Crippen LogP contribution >= 0.6 is 58.8 Å². The molecular formula is C79H89Cl5F2N4O10. The van der Waals surface area contributed by atoms with Gasteiger partial charge in [-0.2, -0.15) is 0 Å². The predicted octanol–water partition coefficient (Wildman–Crippen LogP) is 16.0. The van der Waals surface area contributed by atoms with Gasteiger partial charge in [-0.05, 0) is 182 Å². The first-order chi connectivity index (χ1) is 47.1. The van der Waals surface area contributed by atoms with Gasteiger partial charge < -0.3 is 46.3 Å². The number of esters is 1. The van der Waals surface area contributed by atoms with Crippen LogP contribution in [0.25, 0.3) is 0 Å². The summed E-state index contributed by atoms with van der Waals surface area (Å²) in [6.07, 6.45) is 9.73. The third kappa shape index (κ3) is 12.6. The zero-order valence-corrected chi connectivity index (χ0v) is 60.5. The molecule has 6 aromatic carbocycles. The minimum Gasteiger partial charge on any atom is -0.454 e. The number of anilines is 2. The van der Waals surface area contributed by atoms with Gasteiger partial charge in [0.2, 0.25) is 11.8 Å². The number of hydrogen-bond acceptors (Lipinski definition) is 12. The van der Waals surface area contributed by atoms with Gasteiger partial charge in [-0.3, -0.25) is 24.1 Å². The fourth-order valence-corrected chi connectivity index (χ4v) is 20.0. The Labute approximate surface area is 609 Å². The fraction of sp³-hybridized carbons (Fsp3) is 0.494. The average Bonchev–Trinajstić information content (AvgIpc) is 1.47. The monoisotopic (exact) mass is 1470 g/mol. The molecule has 14 nitrogen and oxygen atoms in total. The van der Waals surface area contributed by atoms with E-state index in [2.05, 4.69) is 55.4 Å². The summed E-state index contributed by atoms with van der Waals surface area (Å²) in [7, 11) is 0. The van der Waals surface area contributed by atoms with Crippen LogP contribution in [0.5, 0.6) is 0 Å². The number of aliphatic hydroxyl groups is 4. The minimum absolute atomic E-state index is 0. The largest absolute Gasteiger partial charge is 0.454 e. The number of carbonyl (C=O) groups is 4. The van der Waals surface area contributed by atoms with Crippen LogP contribution in [0.2, 0.25) is 20.1 Å². The summed E-state index contributed by atoms with van der Waals surface area (Å²) in [5.41, 5.74) is 5.89. The number of aliphatic hydroxyl groups excluding tert-OH is 2. The molecule has 534 valence electrons. The van der Waals surface area contributed by atoms with Crippen LogP contribution in [0.1, 0.15) is 188 Å². The van der Waals surface area contributed by atoms with Crippen LogP contribution in [0.4, 0.5) is 20.2 Å². The van der Waals surface area contributed by atoms with E-state index in [0.717, 1.165) is 73.6 Å². The Morgan fingerprint density at radius 1 is 0.600 bits per heavy atom. The van der Waals surface area contributed by atoms with Crippen molar-refractivity contribution in [3.8, 4) is 0 Å². The molecule has 5 aliphatic heterocycles. The number of hydrogen-bond donors (Lipinski definition) is 7. The fourth-order valence-electron chi connectivity index (χ4n) is 19.3. The van der Waals surface area contributed by atoms with Crippen LogP contribution in [0, 0.1) is 39.7 Å². The van der Waals surface area contributed by atoms with E-state index in [9.17, 15) is 29.7 Å². The first-order valence-corrected chi connectivity index (χ1v) is 36.4. The SMILES string of the molecule is CC1(C)CCC2(CC1)C[C@@H](C(=O)C[C@@H]1CC[C@@](O)(CO)OC1)[C@H](c1cccc(Cl)c1F)[C@]21C(=O)Nc2cc(Cl)ccc21.CC1(C)CCC2(CC1)N1[C@H](c3ccccc3)[C@H](c3ccccc3)OC(=O)[C@H]1[C@H](c1cccc(Cl)c1F)[C@@]21C(=O)Nc2cc(Cl)ccc21.Cl.NC1CCC(O)(CO)CC1. The van der Waals surface area contributed by atoms with Gasteiger partial charge in [-0.1, -0.05) is 171 Å². The number of benzene rings is 6. The molecule has 21 heteroatoms. The number of halogens is 7. The molecule has 5 heterocycles. The van der Waals surface area contributed by atoms with E-state index in [-0.39, 0.29) is 100 Å². The maximum absolute atomic E-state index is 16.5. The zero-order chi connectivity index (χ0) is 70.4. The van der Waals surface area contributed by atoms with Crippen molar-refractivity contribution >= 4 is 93.8 Å². The van der Waals surface area contributed by atoms with E-state index < -0.39 is 93.3 Å². The van der Waals surface area contributed by atoms with Gasteiger partial charge >= 0.3 is 5.97 Å². The molecule has 0 radical (unpaired) electrons. The van der Waals surface area contributed by atoms with Crippen molar-refractivity contribution in [2.45, 2.75) is 194 Å². The van der Waals surface area contributed by atoms with Crippen molar-refractivity contribution < 1.29 is 57.9 Å². The van der Waals surface area contributed by atoms with Gasteiger partial charge in [-0.15, -0.1) is 12.4 Å². The summed E-state index contributed by atoms with van der Waals surface area (Å²) in [5.74, 6) is -6.32. The van der Waals surface area contributed by atoms with E-state index >= 15 is 13.6 Å². The lowest BCUT2D eigenvalue weighted by atomic mass is 9.51. The van der Waals surface area contributed by atoms with Crippen LogP contribution in [-0.4, -0.2) is 97.7 Å². The van der Waals surface area contributed by atoms with E-state index in [1.165, 1.54) is 12.1 Å². The second-order valence-corrected chi connectivity index (χ2v) is 33.0. The Balaban J connectivity index is 0.000000166. The third-order valence-electron chi connectivity index (χ3n) is 24.6. The van der Waals surface area contributed by atoms with Gasteiger partial charge in [-0.25, -0.2) is 8.78 Å². The zero-order valence-electron chi connectivity index (χ0n) is 56.7. The summed E-state index contributed by atoms with van der Waals surface area (Å²) in [5, 5.41) is 45.2. The molecule has 10 atom stereocenters. The molecule has 0 unspecified atom stereocenters. The summed E-state index contributed by atoms with van der Waals surface area (Å²) in [6, 6.07) is 39.1. The van der Waals surface area contributed by atoms with Crippen LogP contribution in [0.3, 0.4) is 0 Å². The van der Waals surface area contributed by atoms with Gasteiger partial charge in [0.05, 0.1) is 46.9 Å². The highest BCUT2D eigenvalue weighted by Crippen LogP contribution is 2.74. The molecule has 3 saturated heterocycles. The van der Waals surface area contributed by atoms with Crippen LogP contribution in [-0.2, 0) is 39.5 Å².